The van der Waals surface area contributed by atoms with Crippen LogP contribution >= 0.6 is 0 Å². The summed E-state index contributed by atoms with van der Waals surface area (Å²) < 4.78 is 0.559. The van der Waals surface area contributed by atoms with Gasteiger partial charge in [0.2, 0.25) is 0 Å². The minimum Gasteiger partial charge on any atom is -0.508 e. The van der Waals surface area contributed by atoms with Crippen LogP contribution in [-0.4, -0.2) is 20.9 Å². The van der Waals surface area contributed by atoms with Crippen molar-refractivity contribution >= 4 is 11.7 Å². The van der Waals surface area contributed by atoms with Crippen LogP contribution in [0.4, 0.5) is 5.82 Å². The van der Waals surface area contributed by atoms with E-state index >= 15 is 0 Å². The molecule has 96 valence electrons. The molecule has 0 spiro atoms. The molecule has 0 bridgehead atoms. The number of nitrogens with zero attached hydrogens (tertiary/aromatic N) is 4. The third-order valence-corrected chi connectivity index (χ3v) is 3.05. The lowest BCUT2D eigenvalue weighted by atomic mass is 10.1. The van der Waals surface area contributed by atoms with Crippen molar-refractivity contribution in [3.63, 3.8) is 0 Å². The van der Waals surface area contributed by atoms with Crippen molar-refractivity contribution in [3.8, 4) is 5.75 Å². The molecule has 0 radical (unpaired) electrons. The number of fused-ring (bicyclic) bond motifs is 1. The molecule has 1 amide bonds. The predicted molar refractivity (Wildman–Crippen MR) is 65.2 cm³/mol. The average Bonchev–Trinajstić information content (AvgIpc) is 2.70. The molecule has 1 aliphatic heterocycles. The zero-order valence-corrected chi connectivity index (χ0v) is 10.1. The van der Waals surface area contributed by atoms with E-state index in [4.69, 9.17) is 0 Å². The third-order valence-electron chi connectivity index (χ3n) is 3.05. The van der Waals surface area contributed by atoms with Crippen LogP contribution in [0.1, 0.15) is 15.9 Å². The number of phenolic OH excluding ortho intramolecular Hbond substituents is 1. The van der Waals surface area contributed by atoms with E-state index in [1.807, 2.05) is 0 Å². The number of anilines is 1. The number of benzene rings is 1. The van der Waals surface area contributed by atoms with Crippen LogP contribution in [0.2, 0.25) is 0 Å². The molecule has 19 heavy (non-hydrogen) atoms. The molecule has 2 aromatic rings. The number of hydrogen-bond donors (Lipinski definition) is 1. The SMILES string of the molecule is Cn1nc(N2Cc3cc(O)ccc3C2=O)cc[n+]1=O. The molecule has 1 N–H and O–H groups in total. The number of aromatic nitrogens is 3. The van der Waals surface area contributed by atoms with Crippen molar-refractivity contribution in [2.45, 2.75) is 6.54 Å². The zero-order valence-electron chi connectivity index (χ0n) is 10.1. The second-order valence-corrected chi connectivity index (χ2v) is 4.30. The minimum absolute atomic E-state index is 0.123. The van der Waals surface area contributed by atoms with Crippen LogP contribution < -0.4 is 9.44 Å². The number of amides is 1. The zero-order chi connectivity index (χ0) is 13.6. The summed E-state index contributed by atoms with van der Waals surface area (Å²) in [6.45, 7) is 0.332. The Hall–Kier alpha value is -2.70. The van der Waals surface area contributed by atoms with Gasteiger partial charge in [-0.25, -0.2) is 0 Å². The normalized spacial score (nSPS) is 13.7. The fourth-order valence-electron chi connectivity index (χ4n) is 2.09. The molecule has 7 heteroatoms. The van der Waals surface area contributed by atoms with E-state index in [0.29, 0.717) is 22.5 Å². The van der Waals surface area contributed by atoms with Crippen LogP contribution in [0.5, 0.6) is 5.75 Å². The van der Waals surface area contributed by atoms with Crippen molar-refractivity contribution < 1.29 is 14.4 Å². The summed E-state index contributed by atoms with van der Waals surface area (Å²) in [5.41, 5.74) is 1.29. The van der Waals surface area contributed by atoms with Gasteiger partial charge in [0, 0.05) is 5.56 Å². The van der Waals surface area contributed by atoms with Crippen molar-refractivity contribution in [1.29, 1.82) is 0 Å². The first kappa shape index (κ1) is 11.4. The highest BCUT2D eigenvalue weighted by atomic mass is 16.3. The highest BCUT2D eigenvalue weighted by Gasteiger charge is 2.32. The number of hydrogen-bond acceptors (Lipinski definition) is 4. The first-order valence-electron chi connectivity index (χ1n) is 5.67. The first-order valence-corrected chi connectivity index (χ1v) is 5.67. The summed E-state index contributed by atoms with van der Waals surface area (Å²) in [6, 6.07) is 6.11. The lowest BCUT2D eigenvalue weighted by Gasteiger charge is -2.09. The molecule has 0 saturated heterocycles. The van der Waals surface area contributed by atoms with Crippen molar-refractivity contribution in [2.24, 2.45) is 7.05 Å². The van der Waals surface area contributed by atoms with Gasteiger partial charge >= 0.3 is 0 Å². The van der Waals surface area contributed by atoms with Crippen molar-refractivity contribution in [2.75, 3.05) is 4.90 Å². The molecule has 7 nitrogen and oxygen atoms in total. The highest BCUT2D eigenvalue weighted by molar-refractivity contribution is 6.09. The van der Waals surface area contributed by atoms with Crippen molar-refractivity contribution in [1.82, 2.24) is 9.90 Å². The molecule has 2 heterocycles. The Morgan fingerprint density at radius 3 is 2.89 bits per heavy atom. The number of aromatic hydroxyl groups is 1. The maximum atomic E-state index is 12.2. The predicted octanol–water partition coefficient (Wildman–Crippen LogP) is 0.201. The van der Waals surface area contributed by atoms with Gasteiger partial charge in [-0.2, -0.15) is 0 Å². The van der Waals surface area contributed by atoms with Gasteiger partial charge in [0.05, 0.1) is 29.3 Å². The Labute approximate surface area is 107 Å². The van der Waals surface area contributed by atoms with E-state index in [1.165, 1.54) is 30.3 Å². The van der Waals surface area contributed by atoms with Gasteiger partial charge in [0.1, 0.15) is 5.75 Å². The highest BCUT2D eigenvalue weighted by Crippen LogP contribution is 2.28. The maximum absolute atomic E-state index is 12.2. The average molecular weight is 259 g/mol. The number of aryl methyl sites for hydroxylation is 1. The second-order valence-electron chi connectivity index (χ2n) is 4.30. The van der Waals surface area contributed by atoms with Gasteiger partial charge in [0.15, 0.2) is 6.20 Å². The molecule has 0 atom stereocenters. The van der Waals surface area contributed by atoms with Gasteiger partial charge in [0.25, 0.3) is 11.7 Å². The fraction of sp³-hybridized carbons (Fsp3) is 0.167. The summed E-state index contributed by atoms with van der Waals surface area (Å²) in [4.78, 5) is 26.0. The molecule has 1 aromatic heterocycles. The molecular formula is C12H11N4O3+. The molecular weight excluding hydrogens is 248 g/mol. The molecule has 1 aromatic carbocycles. The van der Waals surface area contributed by atoms with Gasteiger partial charge in [-0.1, -0.05) is 0 Å². The van der Waals surface area contributed by atoms with E-state index in [1.54, 1.807) is 12.1 Å². The molecule has 0 aliphatic carbocycles. The van der Waals surface area contributed by atoms with Crippen LogP contribution in [0.15, 0.2) is 30.5 Å². The van der Waals surface area contributed by atoms with Gasteiger partial charge in [-0.15, -0.1) is 0 Å². The number of carbonyl (C=O) groups is 1. The standard InChI is InChI=1S/C12H10N4O3/c1-14-13-11(4-5-16(14)19)15-7-8-6-9(17)2-3-10(8)12(15)18/h2-6H,7H2,1H3/p+1. The lowest BCUT2D eigenvalue weighted by molar-refractivity contribution is -0.603. The van der Waals surface area contributed by atoms with E-state index in [0.717, 1.165) is 10.4 Å². The van der Waals surface area contributed by atoms with Crippen molar-refractivity contribution in [3.05, 3.63) is 46.5 Å². The molecule has 0 saturated carbocycles. The number of carbonyl (C=O) groups excluding carboxylic acids is 1. The Morgan fingerprint density at radius 2 is 2.16 bits per heavy atom. The van der Waals surface area contributed by atoms with Crippen LogP contribution in [0.25, 0.3) is 0 Å². The second kappa shape index (κ2) is 3.91. The Balaban J connectivity index is 2.03. The Kier molecular flexibility index (Phi) is 2.34. The number of rotatable bonds is 1. The van der Waals surface area contributed by atoms with E-state index in [2.05, 4.69) is 5.10 Å². The molecule has 0 unspecified atom stereocenters. The lowest BCUT2D eigenvalue weighted by Crippen LogP contribution is -2.33. The van der Waals surface area contributed by atoms with Crippen LogP contribution in [0.3, 0.4) is 0 Å². The molecule has 3 rings (SSSR count). The summed E-state index contributed by atoms with van der Waals surface area (Å²) in [5, 5.41) is 13.4. The summed E-state index contributed by atoms with van der Waals surface area (Å²) in [7, 11) is 1.50. The molecule has 1 aliphatic rings. The molecule has 0 fully saturated rings. The largest absolute Gasteiger partial charge is 0.508 e. The smallest absolute Gasteiger partial charge is 0.280 e. The Bertz CT molecular complexity index is 738. The van der Waals surface area contributed by atoms with Gasteiger partial charge < -0.3 is 5.11 Å². The maximum Gasteiger partial charge on any atom is 0.280 e. The quantitative estimate of drug-likeness (QED) is 0.742. The van der Waals surface area contributed by atoms with E-state index in [-0.39, 0.29) is 11.7 Å². The van der Waals surface area contributed by atoms with E-state index in [9.17, 15) is 14.8 Å². The van der Waals surface area contributed by atoms with E-state index < -0.39 is 0 Å². The van der Waals surface area contributed by atoms with Crippen LogP contribution in [0, 0.1) is 4.91 Å². The number of phenols is 1. The van der Waals surface area contributed by atoms with Gasteiger partial charge in [-0.3, -0.25) is 9.69 Å². The Morgan fingerprint density at radius 1 is 1.37 bits per heavy atom. The topological polar surface area (TPSA) is 81.3 Å². The first-order chi connectivity index (χ1) is 9.06. The van der Waals surface area contributed by atoms with Crippen LogP contribution in [-0.2, 0) is 13.6 Å². The minimum atomic E-state index is -0.189. The van der Waals surface area contributed by atoms with Gasteiger partial charge in [-0.05, 0) is 33.5 Å². The third kappa shape index (κ3) is 1.75. The fourth-order valence-corrected chi connectivity index (χ4v) is 2.09. The monoisotopic (exact) mass is 259 g/mol. The summed E-state index contributed by atoms with van der Waals surface area (Å²) in [5.74, 6) is 0.332. The summed E-state index contributed by atoms with van der Waals surface area (Å²) in [6.07, 6.45) is 1.29. The summed E-state index contributed by atoms with van der Waals surface area (Å²) >= 11 is 0.